The maximum absolute atomic E-state index is 13.5. The fourth-order valence-electron chi connectivity index (χ4n) is 4.31. The number of methoxy groups -OCH3 is 1. The van der Waals surface area contributed by atoms with Crippen molar-refractivity contribution in [3.8, 4) is 5.75 Å². The van der Waals surface area contributed by atoms with E-state index >= 15 is 0 Å². The highest BCUT2D eigenvalue weighted by molar-refractivity contribution is 7.99. The van der Waals surface area contributed by atoms with Crippen LogP contribution in [0.5, 0.6) is 5.75 Å². The van der Waals surface area contributed by atoms with E-state index in [-0.39, 0.29) is 22.6 Å². The third-order valence-corrected chi connectivity index (χ3v) is 8.40. The minimum atomic E-state index is -0.326. The van der Waals surface area contributed by atoms with Gasteiger partial charge in [0, 0.05) is 22.2 Å². The number of ether oxygens (including phenoxy) is 1. The van der Waals surface area contributed by atoms with Gasteiger partial charge in [-0.05, 0) is 35.4 Å². The molecule has 0 saturated carbocycles. The van der Waals surface area contributed by atoms with E-state index in [9.17, 15) is 9.59 Å². The minimum Gasteiger partial charge on any atom is -0.497 e. The lowest BCUT2D eigenvalue weighted by atomic mass is 9.85. The highest BCUT2D eigenvalue weighted by atomic mass is 32.2. The Morgan fingerprint density at radius 1 is 1.03 bits per heavy atom. The van der Waals surface area contributed by atoms with Gasteiger partial charge in [-0.25, -0.2) is 0 Å². The third-order valence-electron chi connectivity index (χ3n) is 5.97. The zero-order chi connectivity index (χ0) is 23.5. The van der Waals surface area contributed by atoms with Gasteiger partial charge in [0.1, 0.15) is 5.75 Å². The molecule has 0 unspecified atom stereocenters. The van der Waals surface area contributed by atoms with Crippen molar-refractivity contribution in [1.29, 1.82) is 0 Å². The molecule has 1 aromatic heterocycles. The molecule has 0 aliphatic carbocycles. The van der Waals surface area contributed by atoms with Crippen molar-refractivity contribution in [2.24, 2.45) is 5.92 Å². The van der Waals surface area contributed by atoms with Crippen molar-refractivity contribution < 1.29 is 9.53 Å². The summed E-state index contributed by atoms with van der Waals surface area (Å²) in [6, 6.07) is 27.3. The fourth-order valence-corrected chi connectivity index (χ4v) is 7.00. The van der Waals surface area contributed by atoms with Crippen molar-refractivity contribution in [1.82, 2.24) is 4.57 Å². The van der Waals surface area contributed by atoms with E-state index in [0.717, 1.165) is 32.5 Å². The lowest BCUT2D eigenvalue weighted by molar-refractivity contribution is -0.119. The van der Waals surface area contributed by atoms with Crippen molar-refractivity contribution >= 4 is 34.7 Å². The zero-order valence-electron chi connectivity index (χ0n) is 18.6. The molecular weight excluding hydrogens is 464 g/mol. The van der Waals surface area contributed by atoms with Crippen LogP contribution in [0.25, 0.3) is 0 Å². The third kappa shape index (κ3) is 4.54. The molecule has 172 valence electrons. The number of nitrogens with zero attached hydrogens (tertiary/aromatic N) is 1. The van der Waals surface area contributed by atoms with Crippen LogP contribution in [-0.4, -0.2) is 23.3 Å². The van der Waals surface area contributed by atoms with E-state index in [1.807, 2.05) is 89.5 Å². The first-order chi connectivity index (χ1) is 16.6. The molecule has 5 nitrogen and oxygen atoms in total. The number of hydrogen-bond acceptors (Lipinski definition) is 5. The van der Waals surface area contributed by atoms with Gasteiger partial charge >= 0.3 is 4.87 Å². The second-order valence-corrected chi connectivity index (χ2v) is 10.1. The second kappa shape index (κ2) is 9.91. The smallest absolute Gasteiger partial charge is 0.308 e. The number of benzene rings is 3. The normalized spacial score (nSPS) is 17.1. The van der Waals surface area contributed by atoms with Crippen LogP contribution in [0.2, 0.25) is 0 Å². The molecule has 0 fully saturated rings. The Labute approximate surface area is 206 Å². The van der Waals surface area contributed by atoms with Crippen LogP contribution in [0.15, 0.2) is 94.7 Å². The summed E-state index contributed by atoms with van der Waals surface area (Å²) >= 11 is 2.84. The number of rotatable bonds is 6. The summed E-state index contributed by atoms with van der Waals surface area (Å²) in [6.07, 6.45) is 0. The number of thioether (sulfide) groups is 1. The monoisotopic (exact) mass is 488 g/mol. The number of nitrogens with one attached hydrogen (secondary N) is 1. The number of para-hydroxylation sites is 1. The molecule has 2 atom stereocenters. The van der Waals surface area contributed by atoms with Crippen LogP contribution in [0.1, 0.15) is 21.9 Å². The van der Waals surface area contributed by atoms with E-state index in [4.69, 9.17) is 4.74 Å². The molecule has 7 heteroatoms. The van der Waals surface area contributed by atoms with Crippen molar-refractivity contribution in [2.75, 3.05) is 18.2 Å². The molecule has 0 spiro atoms. The maximum Gasteiger partial charge on any atom is 0.308 e. The Balaban J connectivity index is 1.56. The summed E-state index contributed by atoms with van der Waals surface area (Å²) in [4.78, 5) is 27.5. The van der Waals surface area contributed by atoms with E-state index in [0.29, 0.717) is 12.3 Å². The number of amides is 1. The van der Waals surface area contributed by atoms with Crippen molar-refractivity contribution in [2.45, 2.75) is 17.5 Å². The fraction of sp³-hybridized carbons (Fsp3) is 0.185. The minimum absolute atomic E-state index is 0.00151. The van der Waals surface area contributed by atoms with E-state index in [1.54, 1.807) is 18.9 Å². The van der Waals surface area contributed by atoms with E-state index < -0.39 is 0 Å². The van der Waals surface area contributed by atoms with E-state index in [1.165, 1.54) is 11.3 Å². The molecule has 1 N–H and O–H groups in total. The van der Waals surface area contributed by atoms with Gasteiger partial charge < -0.3 is 10.1 Å². The van der Waals surface area contributed by atoms with Gasteiger partial charge in [-0.3, -0.25) is 14.2 Å². The quantitative estimate of drug-likeness (QED) is 0.392. The number of carbonyl (C=O) groups is 1. The summed E-state index contributed by atoms with van der Waals surface area (Å²) in [6.45, 7) is 0.518. The van der Waals surface area contributed by atoms with Gasteiger partial charge in [-0.2, -0.15) is 0 Å². The average Bonchev–Trinajstić information content (AvgIpc) is 3.19. The molecule has 0 saturated heterocycles. The number of fused-ring (bicyclic) bond motifs is 1. The first-order valence-electron chi connectivity index (χ1n) is 11.0. The molecule has 4 aromatic rings. The number of hydrogen-bond donors (Lipinski definition) is 1. The van der Waals surface area contributed by atoms with Crippen molar-refractivity contribution in [3.63, 3.8) is 0 Å². The molecule has 5 rings (SSSR count). The number of anilines is 1. The largest absolute Gasteiger partial charge is 0.497 e. The first kappa shape index (κ1) is 22.5. The van der Waals surface area contributed by atoms with Crippen LogP contribution in [0, 0.1) is 5.92 Å². The standard InChI is InChI=1S/C27H24N2O3S2/c1-32-21-14-8-11-19(15-21)23-22(25(30)28-20-12-6-3-7-13-20)17-33-26-24(23)34-27(31)29(26)16-18-9-4-2-5-10-18/h2-15,22-23H,16-17H2,1H3,(H,28,30)/t22-,23-/m1/s1. The van der Waals surface area contributed by atoms with Gasteiger partial charge in [0.05, 0.1) is 24.6 Å². The van der Waals surface area contributed by atoms with Crippen LogP contribution in [0.3, 0.4) is 0 Å². The Kier molecular flexibility index (Phi) is 6.56. The SMILES string of the molecule is COc1cccc([C@H]2c3sc(=O)n(Cc4ccccc4)c3SC[C@H]2C(=O)Nc2ccccc2)c1. The number of thiazole rings is 1. The van der Waals surface area contributed by atoms with Gasteiger partial charge in [0.2, 0.25) is 5.91 Å². The van der Waals surface area contributed by atoms with Crippen LogP contribution < -0.4 is 14.9 Å². The Morgan fingerprint density at radius 2 is 1.76 bits per heavy atom. The predicted octanol–water partition coefficient (Wildman–Crippen LogP) is 5.46. The summed E-state index contributed by atoms with van der Waals surface area (Å²) < 4.78 is 7.31. The van der Waals surface area contributed by atoms with Crippen LogP contribution >= 0.6 is 23.1 Å². The molecule has 3 aromatic carbocycles. The molecule has 0 radical (unpaired) electrons. The summed E-state index contributed by atoms with van der Waals surface area (Å²) in [5.41, 5.74) is 2.82. The van der Waals surface area contributed by atoms with Gasteiger partial charge in [-0.1, -0.05) is 72.0 Å². The Bertz CT molecular complexity index is 1350. The van der Waals surface area contributed by atoms with Gasteiger partial charge in [0.15, 0.2) is 0 Å². The summed E-state index contributed by atoms with van der Waals surface area (Å²) in [7, 11) is 1.63. The first-order valence-corrected chi connectivity index (χ1v) is 12.8. The molecule has 34 heavy (non-hydrogen) atoms. The predicted molar refractivity (Wildman–Crippen MR) is 138 cm³/mol. The average molecular weight is 489 g/mol. The molecule has 0 bridgehead atoms. The highest BCUT2D eigenvalue weighted by Crippen LogP contribution is 2.47. The van der Waals surface area contributed by atoms with E-state index in [2.05, 4.69) is 5.32 Å². The molecule has 2 heterocycles. The molecular formula is C27H24N2O3S2. The topological polar surface area (TPSA) is 60.3 Å². The van der Waals surface area contributed by atoms with Gasteiger partial charge in [-0.15, -0.1) is 11.8 Å². The maximum atomic E-state index is 13.5. The molecule has 1 aliphatic heterocycles. The van der Waals surface area contributed by atoms with Crippen molar-refractivity contribution in [3.05, 3.63) is 111 Å². The summed E-state index contributed by atoms with van der Waals surface area (Å²) in [5, 5.41) is 4.02. The zero-order valence-corrected chi connectivity index (χ0v) is 20.3. The second-order valence-electron chi connectivity index (χ2n) is 8.14. The Morgan fingerprint density at radius 3 is 2.50 bits per heavy atom. The number of carbonyl (C=O) groups excluding carboxylic acids is 1. The van der Waals surface area contributed by atoms with Crippen LogP contribution in [-0.2, 0) is 11.3 Å². The summed E-state index contributed by atoms with van der Waals surface area (Å²) in [5.74, 6) is 0.708. The Hall–Kier alpha value is -3.29. The number of aromatic nitrogens is 1. The molecule has 1 aliphatic rings. The lowest BCUT2D eigenvalue weighted by Crippen LogP contribution is -2.33. The van der Waals surface area contributed by atoms with Gasteiger partial charge in [0.25, 0.3) is 0 Å². The lowest BCUT2D eigenvalue weighted by Gasteiger charge is -2.31. The van der Waals surface area contributed by atoms with Crippen LogP contribution in [0.4, 0.5) is 5.69 Å². The highest BCUT2D eigenvalue weighted by Gasteiger charge is 2.39. The molecule has 1 amide bonds.